The number of pyridine rings is 1. The van der Waals surface area contributed by atoms with Crippen LogP contribution in [-0.4, -0.2) is 33.9 Å². The van der Waals surface area contributed by atoms with Gasteiger partial charge in [-0.15, -0.1) is 0 Å². The minimum absolute atomic E-state index is 0.0136. The number of amides is 1. The average Bonchev–Trinajstić information content (AvgIpc) is 3.34. The van der Waals surface area contributed by atoms with E-state index in [0.717, 1.165) is 29.7 Å². The van der Waals surface area contributed by atoms with E-state index in [-0.39, 0.29) is 23.5 Å². The fourth-order valence-electron chi connectivity index (χ4n) is 4.45. The molecule has 2 aromatic heterocycles. The molecule has 1 amide bonds. The van der Waals surface area contributed by atoms with E-state index >= 15 is 0 Å². The molecule has 0 spiro atoms. The summed E-state index contributed by atoms with van der Waals surface area (Å²) in [6.45, 7) is 1.19. The molecule has 1 aliphatic rings. The van der Waals surface area contributed by atoms with Crippen molar-refractivity contribution in [1.82, 2.24) is 14.9 Å². The highest BCUT2D eigenvalue weighted by atomic mass is 19.1. The molecule has 7 heteroatoms. The predicted molar refractivity (Wildman–Crippen MR) is 127 cm³/mol. The Labute approximate surface area is 202 Å². The van der Waals surface area contributed by atoms with Gasteiger partial charge in [-0.05, 0) is 60.4 Å². The van der Waals surface area contributed by atoms with Crippen LogP contribution in [0, 0.1) is 11.6 Å². The molecule has 0 aliphatic carbocycles. The fourth-order valence-corrected chi connectivity index (χ4v) is 4.45. The van der Waals surface area contributed by atoms with E-state index in [0.29, 0.717) is 43.1 Å². The van der Waals surface area contributed by atoms with E-state index in [1.165, 1.54) is 24.3 Å². The summed E-state index contributed by atoms with van der Waals surface area (Å²) in [6, 6.07) is 16.4. The third-order valence-electron chi connectivity index (χ3n) is 6.27. The lowest BCUT2D eigenvalue weighted by Gasteiger charge is -2.31. The second-order valence-electron chi connectivity index (χ2n) is 8.90. The molecule has 1 aliphatic heterocycles. The number of oxazole rings is 1. The van der Waals surface area contributed by atoms with Crippen LogP contribution in [0.3, 0.4) is 0 Å². The first kappa shape index (κ1) is 22.9. The maximum Gasteiger partial charge on any atom is 0.255 e. The summed E-state index contributed by atoms with van der Waals surface area (Å²) in [7, 11) is 0. The number of hydrogen-bond donors (Lipinski definition) is 0. The lowest BCUT2D eigenvalue weighted by Crippen LogP contribution is -2.39. The Bertz CT molecular complexity index is 1300. The highest BCUT2D eigenvalue weighted by Gasteiger charge is 2.28. The van der Waals surface area contributed by atoms with Gasteiger partial charge in [0.15, 0.2) is 5.89 Å². The summed E-state index contributed by atoms with van der Waals surface area (Å²) >= 11 is 0. The van der Waals surface area contributed by atoms with Crippen LogP contribution in [0.5, 0.6) is 0 Å². The molecular weight excluding hydrogens is 448 g/mol. The molecule has 0 unspecified atom stereocenters. The Morgan fingerprint density at radius 1 is 0.943 bits per heavy atom. The summed E-state index contributed by atoms with van der Waals surface area (Å²) in [5.74, 6) is 0.690. The first-order valence-electron chi connectivity index (χ1n) is 11.7. The van der Waals surface area contributed by atoms with E-state index in [1.807, 2.05) is 17.0 Å². The predicted octanol–water partition coefficient (Wildman–Crippen LogP) is 5.55. The van der Waals surface area contributed by atoms with Crippen LogP contribution in [0.15, 0.2) is 77.5 Å². The standard InChI is InChI=1S/C28H25F2N3O2/c29-23-9-6-19(7-10-23)14-25-11-8-21(16-31-25)28(34)33-12-2-4-22(18-33)27-32-17-26(35-27)15-20-3-1-5-24(30)13-20/h1,3,5-11,13,16-17,22H,2,4,12,14-15,18H2/t22-/m0/s1. The van der Waals surface area contributed by atoms with Crippen molar-refractivity contribution in [3.63, 3.8) is 0 Å². The van der Waals surface area contributed by atoms with Gasteiger partial charge >= 0.3 is 0 Å². The van der Waals surface area contributed by atoms with Crippen LogP contribution in [0.25, 0.3) is 0 Å². The van der Waals surface area contributed by atoms with Gasteiger partial charge in [0.25, 0.3) is 5.91 Å². The number of carbonyl (C=O) groups excluding carboxylic acids is 1. The number of benzene rings is 2. The van der Waals surface area contributed by atoms with Gasteiger partial charge in [-0.2, -0.15) is 0 Å². The average molecular weight is 474 g/mol. The molecule has 0 saturated carbocycles. The van der Waals surface area contributed by atoms with Crippen LogP contribution >= 0.6 is 0 Å². The molecule has 35 heavy (non-hydrogen) atoms. The molecule has 0 N–H and O–H groups in total. The maximum atomic E-state index is 13.5. The van der Waals surface area contributed by atoms with Crippen molar-refractivity contribution in [1.29, 1.82) is 0 Å². The van der Waals surface area contributed by atoms with Gasteiger partial charge in [-0.3, -0.25) is 9.78 Å². The minimum atomic E-state index is -0.276. The van der Waals surface area contributed by atoms with Gasteiger partial charge in [0, 0.05) is 37.8 Å². The molecule has 4 aromatic rings. The zero-order chi connectivity index (χ0) is 24.2. The molecule has 5 nitrogen and oxygen atoms in total. The van der Waals surface area contributed by atoms with Crippen LogP contribution in [0.4, 0.5) is 8.78 Å². The third kappa shape index (κ3) is 5.62. The highest BCUT2D eigenvalue weighted by Crippen LogP contribution is 2.28. The second kappa shape index (κ2) is 10.2. The molecule has 0 radical (unpaired) electrons. The van der Waals surface area contributed by atoms with E-state index in [9.17, 15) is 13.6 Å². The number of nitrogens with zero attached hydrogens (tertiary/aromatic N) is 3. The Hall–Kier alpha value is -3.87. The van der Waals surface area contributed by atoms with Gasteiger partial charge in [0.1, 0.15) is 17.4 Å². The number of carbonyl (C=O) groups is 1. The van der Waals surface area contributed by atoms with Gasteiger partial charge in [-0.1, -0.05) is 24.3 Å². The zero-order valence-corrected chi connectivity index (χ0v) is 19.2. The molecule has 2 aromatic carbocycles. The molecule has 0 bridgehead atoms. The monoisotopic (exact) mass is 473 g/mol. The summed E-state index contributed by atoms with van der Waals surface area (Å²) < 4.78 is 32.5. The number of likely N-dealkylation sites (tertiary alicyclic amines) is 1. The van der Waals surface area contributed by atoms with Crippen molar-refractivity contribution in [3.05, 3.63) is 119 Å². The SMILES string of the molecule is O=C(c1ccc(Cc2ccc(F)cc2)nc1)N1CCC[C@H](c2ncc(Cc3cccc(F)c3)o2)C1. The van der Waals surface area contributed by atoms with Crippen molar-refractivity contribution in [2.75, 3.05) is 13.1 Å². The lowest BCUT2D eigenvalue weighted by atomic mass is 9.97. The smallest absolute Gasteiger partial charge is 0.255 e. The molecule has 1 saturated heterocycles. The molecule has 1 fully saturated rings. The van der Waals surface area contributed by atoms with Crippen LogP contribution in [-0.2, 0) is 12.8 Å². The van der Waals surface area contributed by atoms with Gasteiger partial charge < -0.3 is 9.32 Å². The van der Waals surface area contributed by atoms with E-state index in [1.54, 1.807) is 36.7 Å². The van der Waals surface area contributed by atoms with Crippen molar-refractivity contribution in [2.45, 2.75) is 31.6 Å². The summed E-state index contributed by atoms with van der Waals surface area (Å²) in [5, 5.41) is 0. The highest BCUT2D eigenvalue weighted by molar-refractivity contribution is 5.94. The number of aromatic nitrogens is 2. The van der Waals surface area contributed by atoms with Crippen molar-refractivity contribution < 1.29 is 18.0 Å². The van der Waals surface area contributed by atoms with Crippen LogP contribution < -0.4 is 0 Å². The Kier molecular flexibility index (Phi) is 6.66. The first-order valence-corrected chi connectivity index (χ1v) is 11.7. The summed E-state index contributed by atoms with van der Waals surface area (Å²) in [6.07, 6.45) is 6.07. The number of rotatable bonds is 6. The molecule has 1 atom stereocenters. The maximum absolute atomic E-state index is 13.5. The van der Waals surface area contributed by atoms with Crippen molar-refractivity contribution >= 4 is 5.91 Å². The Morgan fingerprint density at radius 3 is 2.57 bits per heavy atom. The number of hydrogen-bond acceptors (Lipinski definition) is 4. The normalized spacial score (nSPS) is 15.8. The summed E-state index contributed by atoms with van der Waals surface area (Å²) in [4.78, 5) is 23.8. The second-order valence-corrected chi connectivity index (χ2v) is 8.90. The number of halogens is 2. The van der Waals surface area contributed by atoms with Crippen molar-refractivity contribution in [3.8, 4) is 0 Å². The lowest BCUT2D eigenvalue weighted by molar-refractivity contribution is 0.0697. The minimum Gasteiger partial charge on any atom is -0.445 e. The number of piperidine rings is 1. The van der Waals surface area contributed by atoms with Gasteiger partial charge in [0.05, 0.1) is 17.7 Å². The van der Waals surface area contributed by atoms with E-state index < -0.39 is 0 Å². The third-order valence-corrected chi connectivity index (χ3v) is 6.27. The van der Waals surface area contributed by atoms with Crippen molar-refractivity contribution in [2.24, 2.45) is 0 Å². The van der Waals surface area contributed by atoms with Gasteiger partial charge in [-0.25, -0.2) is 13.8 Å². The summed E-state index contributed by atoms with van der Waals surface area (Å²) in [5.41, 5.74) is 3.13. The molecule has 3 heterocycles. The molecular formula is C28H25F2N3O2. The molecule has 178 valence electrons. The fraction of sp³-hybridized carbons (Fsp3) is 0.250. The quantitative estimate of drug-likeness (QED) is 0.369. The van der Waals surface area contributed by atoms with Gasteiger partial charge in [0.2, 0.25) is 0 Å². The topological polar surface area (TPSA) is 59.2 Å². The zero-order valence-electron chi connectivity index (χ0n) is 19.2. The molecule has 5 rings (SSSR count). The van der Waals surface area contributed by atoms with E-state index in [2.05, 4.69) is 9.97 Å². The van der Waals surface area contributed by atoms with Crippen LogP contribution in [0.1, 0.15) is 57.6 Å². The first-order chi connectivity index (χ1) is 17.0. The van der Waals surface area contributed by atoms with Crippen LogP contribution in [0.2, 0.25) is 0 Å². The van der Waals surface area contributed by atoms with E-state index in [4.69, 9.17) is 4.42 Å². The Morgan fingerprint density at radius 2 is 1.80 bits per heavy atom. The Balaban J connectivity index is 1.21. The largest absolute Gasteiger partial charge is 0.445 e.